The average Bonchev–Trinajstić information content (AvgIpc) is 3.00. The van der Waals surface area contributed by atoms with E-state index in [1.807, 2.05) is 6.07 Å². The first-order valence-electron chi connectivity index (χ1n) is 8.28. The summed E-state index contributed by atoms with van der Waals surface area (Å²) in [6.45, 7) is 0.275. The molecule has 128 valence electrons. The van der Waals surface area contributed by atoms with Gasteiger partial charge >= 0.3 is 0 Å². The molecule has 0 saturated heterocycles. The maximum Gasteiger partial charge on any atom is 0.261 e. The number of amides is 1. The Morgan fingerprint density at radius 1 is 1.28 bits per heavy atom. The summed E-state index contributed by atoms with van der Waals surface area (Å²) in [7, 11) is 0. The molecule has 2 aromatic heterocycles. The molecule has 3 aromatic rings. The summed E-state index contributed by atoms with van der Waals surface area (Å²) in [5.74, 6) is 0.321. The minimum atomic E-state index is -0.184. The number of hydrogen-bond donors (Lipinski definition) is 1. The average molecular weight is 355 g/mol. The van der Waals surface area contributed by atoms with Crippen LogP contribution in [0.15, 0.2) is 35.4 Å². The standard InChI is InChI=1S/C17H17N5O2S/c23-14(19-17-21-20-15(25-17)11-4-3-5-11)8-9-22-10-18-13-7-2-1-6-12(13)16(22)24/h1-2,6-7,10-11H,3-5,8-9H2,(H,19,21,23). The molecule has 1 aromatic carbocycles. The van der Waals surface area contributed by atoms with E-state index < -0.39 is 0 Å². The molecule has 1 fully saturated rings. The van der Waals surface area contributed by atoms with E-state index >= 15 is 0 Å². The first-order valence-corrected chi connectivity index (χ1v) is 9.10. The minimum Gasteiger partial charge on any atom is -0.300 e. The second-order valence-electron chi connectivity index (χ2n) is 6.13. The normalized spacial score (nSPS) is 14.4. The van der Waals surface area contributed by atoms with Crippen molar-refractivity contribution in [1.82, 2.24) is 19.7 Å². The molecule has 7 nitrogen and oxygen atoms in total. The van der Waals surface area contributed by atoms with Crippen LogP contribution >= 0.6 is 11.3 Å². The van der Waals surface area contributed by atoms with E-state index in [9.17, 15) is 9.59 Å². The molecule has 8 heteroatoms. The van der Waals surface area contributed by atoms with E-state index in [-0.39, 0.29) is 24.4 Å². The molecule has 1 saturated carbocycles. The highest BCUT2D eigenvalue weighted by Gasteiger charge is 2.23. The van der Waals surface area contributed by atoms with Crippen molar-refractivity contribution < 1.29 is 4.79 Å². The molecule has 4 rings (SSSR count). The van der Waals surface area contributed by atoms with E-state index in [0.29, 0.717) is 22.0 Å². The van der Waals surface area contributed by atoms with Gasteiger partial charge < -0.3 is 5.32 Å². The van der Waals surface area contributed by atoms with Crippen molar-refractivity contribution in [3.05, 3.63) is 46.0 Å². The van der Waals surface area contributed by atoms with Crippen LogP contribution in [0, 0.1) is 0 Å². The van der Waals surface area contributed by atoms with Gasteiger partial charge in [-0.3, -0.25) is 14.2 Å². The van der Waals surface area contributed by atoms with Crippen molar-refractivity contribution in [2.45, 2.75) is 38.1 Å². The highest BCUT2D eigenvalue weighted by Crippen LogP contribution is 2.38. The molecule has 25 heavy (non-hydrogen) atoms. The van der Waals surface area contributed by atoms with Crippen LogP contribution in [0.4, 0.5) is 5.13 Å². The lowest BCUT2D eigenvalue weighted by atomic mass is 9.86. The van der Waals surface area contributed by atoms with Gasteiger partial charge in [0.2, 0.25) is 11.0 Å². The number of aromatic nitrogens is 4. The van der Waals surface area contributed by atoms with Crippen LogP contribution in [0.25, 0.3) is 10.9 Å². The number of carbonyl (C=O) groups excluding carboxylic acids is 1. The van der Waals surface area contributed by atoms with Gasteiger partial charge in [-0.05, 0) is 25.0 Å². The summed E-state index contributed by atoms with van der Waals surface area (Å²) < 4.78 is 1.46. The van der Waals surface area contributed by atoms with Crippen LogP contribution in [-0.4, -0.2) is 25.7 Å². The van der Waals surface area contributed by atoms with E-state index in [4.69, 9.17) is 0 Å². The lowest BCUT2D eigenvalue weighted by molar-refractivity contribution is -0.116. The van der Waals surface area contributed by atoms with Gasteiger partial charge in [-0.1, -0.05) is 29.9 Å². The summed E-state index contributed by atoms with van der Waals surface area (Å²) in [5.41, 5.74) is 0.521. The fourth-order valence-electron chi connectivity index (χ4n) is 2.77. The number of aryl methyl sites for hydroxylation is 1. The van der Waals surface area contributed by atoms with E-state index in [1.165, 1.54) is 28.7 Å². The van der Waals surface area contributed by atoms with Gasteiger partial charge in [0.05, 0.1) is 17.2 Å². The van der Waals surface area contributed by atoms with Crippen molar-refractivity contribution in [3.63, 3.8) is 0 Å². The molecular formula is C17H17N5O2S. The van der Waals surface area contributed by atoms with Gasteiger partial charge in [-0.15, -0.1) is 10.2 Å². The number of hydrogen-bond acceptors (Lipinski definition) is 6. The van der Waals surface area contributed by atoms with Crippen LogP contribution in [0.1, 0.15) is 36.6 Å². The third-order valence-electron chi connectivity index (χ3n) is 4.45. The lowest BCUT2D eigenvalue weighted by Crippen LogP contribution is -2.23. The summed E-state index contributed by atoms with van der Waals surface area (Å²) in [5, 5.41) is 13.0. The fraction of sp³-hybridized carbons (Fsp3) is 0.353. The van der Waals surface area contributed by atoms with Crippen LogP contribution in [0.3, 0.4) is 0 Å². The third-order valence-corrected chi connectivity index (χ3v) is 5.45. The summed E-state index contributed by atoms with van der Waals surface area (Å²) in [4.78, 5) is 28.8. The zero-order valence-corrected chi connectivity index (χ0v) is 14.3. The number of nitrogens with zero attached hydrogens (tertiary/aromatic N) is 4. The molecule has 1 N–H and O–H groups in total. The molecule has 1 aliphatic rings. The second kappa shape index (κ2) is 6.72. The summed E-state index contributed by atoms with van der Waals surface area (Å²) in [6.07, 6.45) is 5.21. The Bertz CT molecular complexity index is 976. The molecule has 1 amide bonds. The second-order valence-corrected chi connectivity index (χ2v) is 7.14. The number of benzene rings is 1. The number of rotatable bonds is 5. The predicted octanol–water partition coefficient (Wildman–Crippen LogP) is 2.54. The van der Waals surface area contributed by atoms with Crippen molar-refractivity contribution in [3.8, 4) is 0 Å². The number of anilines is 1. The van der Waals surface area contributed by atoms with Gasteiger partial charge in [-0.25, -0.2) is 4.98 Å². The molecule has 0 radical (unpaired) electrons. The Morgan fingerprint density at radius 2 is 2.12 bits per heavy atom. The minimum absolute atomic E-state index is 0.137. The van der Waals surface area contributed by atoms with E-state index in [0.717, 1.165) is 17.8 Å². The van der Waals surface area contributed by atoms with Crippen molar-refractivity contribution in [2.24, 2.45) is 0 Å². The molecule has 1 aliphatic carbocycles. The van der Waals surface area contributed by atoms with Gasteiger partial charge in [0.25, 0.3) is 5.56 Å². The SMILES string of the molecule is O=C(CCn1cnc2ccccc2c1=O)Nc1nnc(C2CCC2)s1. The highest BCUT2D eigenvalue weighted by molar-refractivity contribution is 7.15. The van der Waals surface area contributed by atoms with Crippen molar-refractivity contribution >= 4 is 33.3 Å². The quantitative estimate of drug-likeness (QED) is 0.760. The zero-order chi connectivity index (χ0) is 17.2. The Balaban J connectivity index is 1.39. The highest BCUT2D eigenvalue weighted by atomic mass is 32.1. The van der Waals surface area contributed by atoms with E-state index in [1.54, 1.807) is 18.2 Å². The van der Waals surface area contributed by atoms with Gasteiger partial charge in [0.1, 0.15) is 5.01 Å². The third kappa shape index (κ3) is 3.30. The lowest BCUT2D eigenvalue weighted by Gasteiger charge is -2.21. The number of nitrogens with one attached hydrogen (secondary N) is 1. The number of fused-ring (bicyclic) bond motifs is 1. The zero-order valence-electron chi connectivity index (χ0n) is 13.5. The van der Waals surface area contributed by atoms with Crippen LogP contribution in [0.5, 0.6) is 0 Å². The molecule has 2 heterocycles. The number of carbonyl (C=O) groups is 1. The molecule has 0 atom stereocenters. The monoisotopic (exact) mass is 355 g/mol. The van der Waals surface area contributed by atoms with Gasteiger partial charge in [0, 0.05) is 18.9 Å². The Labute approximate surface area is 147 Å². The molecule has 0 unspecified atom stereocenters. The largest absolute Gasteiger partial charge is 0.300 e. The topological polar surface area (TPSA) is 89.8 Å². The molecule has 0 spiro atoms. The molecular weight excluding hydrogens is 338 g/mol. The maximum absolute atomic E-state index is 12.4. The predicted molar refractivity (Wildman–Crippen MR) is 95.8 cm³/mol. The first kappa shape index (κ1) is 15.9. The van der Waals surface area contributed by atoms with Crippen molar-refractivity contribution in [1.29, 1.82) is 0 Å². The number of para-hydroxylation sites is 1. The molecule has 0 bridgehead atoms. The Morgan fingerprint density at radius 3 is 2.92 bits per heavy atom. The van der Waals surface area contributed by atoms with Crippen LogP contribution in [0.2, 0.25) is 0 Å². The van der Waals surface area contributed by atoms with Crippen LogP contribution in [-0.2, 0) is 11.3 Å². The van der Waals surface area contributed by atoms with Crippen LogP contribution < -0.4 is 10.9 Å². The smallest absolute Gasteiger partial charge is 0.261 e. The summed E-state index contributed by atoms with van der Waals surface area (Å²) in [6, 6.07) is 7.18. The Hall–Kier alpha value is -2.61. The fourth-order valence-corrected chi connectivity index (χ4v) is 3.70. The van der Waals surface area contributed by atoms with Crippen molar-refractivity contribution in [2.75, 3.05) is 5.32 Å². The Kier molecular flexibility index (Phi) is 4.27. The summed E-state index contributed by atoms with van der Waals surface area (Å²) >= 11 is 1.44. The molecule has 0 aliphatic heterocycles. The first-order chi connectivity index (χ1) is 12.2. The maximum atomic E-state index is 12.4. The van der Waals surface area contributed by atoms with Gasteiger partial charge in [-0.2, -0.15) is 0 Å². The van der Waals surface area contributed by atoms with E-state index in [2.05, 4.69) is 20.5 Å². The van der Waals surface area contributed by atoms with Gasteiger partial charge in [0.15, 0.2) is 0 Å².